The van der Waals surface area contributed by atoms with Gasteiger partial charge in [-0.1, -0.05) is 15.9 Å². The Morgan fingerprint density at radius 2 is 2.29 bits per heavy atom. The standard InChI is InChI=1S/C9H8BrFO3/c1-14-7-4-6(10)2-5(9(7)11)3-8(12)13/h2,4H,3H2,1H3,(H,12,13). The van der Waals surface area contributed by atoms with Crippen molar-refractivity contribution in [1.29, 1.82) is 0 Å². The zero-order valence-corrected chi connectivity index (χ0v) is 8.97. The van der Waals surface area contributed by atoms with Gasteiger partial charge in [0.2, 0.25) is 0 Å². The summed E-state index contributed by atoms with van der Waals surface area (Å²) in [5.74, 6) is -1.67. The van der Waals surface area contributed by atoms with Crippen molar-refractivity contribution in [3.8, 4) is 5.75 Å². The van der Waals surface area contributed by atoms with E-state index in [1.807, 2.05) is 0 Å². The van der Waals surface area contributed by atoms with Gasteiger partial charge in [-0.25, -0.2) is 4.39 Å². The van der Waals surface area contributed by atoms with E-state index in [2.05, 4.69) is 15.9 Å². The number of ether oxygens (including phenoxy) is 1. The topological polar surface area (TPSA) is 46.5 Å². The Balaban J connectivity index is 3.15. The number of hydrogen-bond acceptors (Lipinski definition) is 2. The quantitative estimate of drug-likeness (QED) is 0.909. The van der Waals surface area contributed by atoms with Crippen LogP contribution in [0.25, 0.3) is 0 Å². The lowest BCUT2D eigenvalue weighted by Gasteiger charge is -2.06. The van der Waals surface area contributed by atoms with E-state index < -0.39 is 11.8 Å². The first kappa shape index (κ1) is 11.0. The second kappa shape index (κ2) is 4.41. The van der Waals surface area contributed by atoms with E-state index in [-0.39, 0.29) is 17.7 Å². The van der Waals surface area contributed by atoms with Crippen LogP contribution >= 0.6 is 15.9 Å². The molecule has 0 saturated carbocycles. The maximum Gasteiger partial charge on any atom is 0.307 e. The highest BCUT2D eigenvalue weighted by Crippen LogP contribution is 2.26. The molecule has 0 amide bonds. The van der Waals surface area contributed by atoms with Gasteiger partial charge in [0.25, 0.3) is 0 Å². The molecular weight excluding hydrogens is 255 g/mol. The lowest BCUT2D eigenvalue weighted by molar-refractivity contribution is -0.136. The summed E-state index contributed by atoms with van der Waals surface area (Å²) in [6.07, 6.45) is -0.359. The zero-order chi connectivity index (χ0) is 10.7. The molecule has 0 unspecified atom stereocenters. The Morgan fingerprint density at radius 1 is 1.64 bits per heavy atom. The van der Waals surface area contributed by atoms with Gasteiger partial charge in [-0.05, 0) is 12.1 Å². The third kappa shape index (κ3) is 2.45. The van der Waals surface area contributed by atoms with Crippen LogP contribution < -0.4 is 4.74 Å². The molecule has 76 valence electrons. The molecule has 1 aromatic rings. The van der Waals surface area contributed by atoms with Gasteiger partial charge in [-0.3, -0.25) is 4.79 Å². The average Bonchev–Trinajstić information content (AvgIpc) is 2.09. The predicted octanol–water partition coefficient (Wildman–Crippen LogP) is 2.22. The van der Waals surface area contributed by atoms with Crippen molar-refractivity contribution >= 4 is 21.9 Å². The number of halogens is 2. The number of benzene rings is 1. The summed E-state index contributed by atoms with van der Waals surface area (Å²) in [7, 11) is 1.33. The van der Waals surface area contributed by atoms with Gasteiger partial charge in [0, 0.05) is 10.0 Å². The maximum atomic E-state index is 13.4. The van der Waals surface area contributed by atoms with Crippen molar-refractivity contribution in [3.05, 3.63) is 28.0 Å². The summed E-state index contributed by atoms with van der Waals surface area (Å²) in [4.78, 5) is 10.4. The summed E-state index contributed by atoms with van der Waals surface area (Å²) >= 11 is 3.14. The van der Waals surface area contributed by atoms with E-state index in [9.17, 15) is 9.18 Å². The van der Waals surface area contributed by atoms with Crippen LogP contribution in [0.3, 0.4) is 0 Å². The van der Waals surface area contributed by atoms with E-state index >= 15 is 0 Å². The summed E-state index contributed by atoms with van der Waals surface area (Å²) < 4.78 is 18.7. The molecule has 0 aromatic heterocycles. The monoisotopic (exact) mass is 262 g/mol. The second-order valence-corrected chi connectivity index (χ2v) is 3.57. The second-order valence-electron chi connectivity index (χ2n) is 2.65. The zero-order valence-electron chi connectivity index (χ0n) is 7.38. The molecule has 1 N–H and O–H groups in total. The molecule has 3 nitrogen and oxygen atoms in total. The Labute approximate surface area is 88.6 Å². The van der Waals surface area contributed by atoms with Crippen molar-refractivity contribution in [2.45, 2.75) is 6.42 Å². The summed E-state index contributed by atoms with van der Waals surface area (Å²) in [5, 5.41) is 8.52. The predicted molar refractivity (Wildman–Crippen MR) is 52.0 cm³/mol. The van der Waals surface area contributed by atoms with Crippen LogP contribution in [0.4, 0.5) is 4.39 Å². The number of rotatable bonds is 3. The molecular formula is C9H8BrFO3. The molecule has 5 heteroatoms. The van der Waals surface area contributed by atoms with Gasteiger partial charge in [-0.15, -0.1) is 0 Å². The van der Waals surface area contributed by atoms with Crippen molar-refractivity contribution < 1.29 is 19.0 Å². The minimum Gasteiger partial charge on any atom is -0.494 e. The fraction of sp³-hybridized carbons (Fsp3) is 0.222. The first-order valence-corrected chi connectivity index (χ1v) is 4.57. The maximum absolute atomic E-state index is 13.4. The minimum absolute atomic E-state index is 0.0376. The highest BCUT2D eigenvalue weighted by molar-refractivity contribution is 9.10. The number of methoxy groups -OCH3 is 1. The molecule has 0 spiro atoms. The highest BCUT2D eigenvalue weighted by Gasteiger charge is 2.12. The van der Waals surface area contributed by atoms with E-state index in [0.717, 1.165) is 0 Å². The van der Waals surface area contributed by atoms with Crippen molar-refractivity contribution in [1.82, 2.24) is 0 Å². The fourth-order valence-corrected chi connectivity index (χ4v) is 1.54. The molecule has 0 bridgehead atoms. The van der Waals surface area contributed by atoms with Gasteiger partial charge < -0.3 is 9.84 Å². The Kier molecular flexibility index (Phi) is 3.46. The van der Waals surface area contributed by atoms with Gasteiger partial charge in [0.15, 0.2) is 11.6 Å². The first-order chi connectivity index (χ1) is 6.54. The third-order valence-corrected chi connectivity index (χ3v) is 2.10. The smallest absolute Gasteiger partial charge is 0.307 e. The van der Waals surface area contributed by atoms with Crippen LogP contribution in [0.15, 0.2) is 16.6 Å². The molecule has 0 aliphatic heterocycles. The normalized spacial score (nSPS) is 9.93. The Morgan fingerprint density at radius 3 is 2.79 bits per heavy atom. The highest BCUT2D eigenvalue weighted by atomic mass is 79.9. The molecule has 0 saturated heterocycles. The van der Waals surface area contributed by atoms with Crippen molar-refractivity contribution in [2.75, 3.05) is 7.11 Å². The van der Waals surface area contributed by atoms with Crippen molar-refractivity contribution in [2.24, 2.45) is 0 Å². The number of hydrogen-bond donors (Lipinski definition) is 1. The van der Waals surface area contributed by atoms with E-state index in [4.69, 9.17) is 9.84 Å². The first-order valence-electron chi connectivity index (χ1n) is 3.78. The van der Waals surface area contributed by atoms with E-state index in [1.165, 1.54) is 19.2 Å². The molecule has 1 aromatic carbocycles. The number of carboxylic acid groups (broad SMARTS) is 1. The van der Waals surface area contributed by atoms with Crippen LogP contribution in [0.5, 0.6) is 5.75 Å². The number of carbonyl (C=O) groups is 1. The SMILES string of the molecule is COc1cc(Br)cc(CC(=O)O)c1F. The van der Waals surface area contributed by atoms with Crippen LogP contribution in [0.2, 0.25) is 0 Å². The molecule has 14 heavy (non-hydrogen) atoms. The fourth-order valence-electron chi connectivity index (χ4n) is 1.06. The lowest BCUT2D eigenvalue weighted by Crippen LogP contribution is -2.03. The van der Waals surface area contributed by atoms with Gasteiger partial charge in [0.05, 0.1) is 13.5 Å². The van der Waals surface area contributed by atoms with Gasteiger partial charge in [-0.2, -0.15) is 0 Å². The minimum atomic E-state index is -1.08. The molecule has 0 atom stereocenters. The van der Waals surface area contributed by atoms with Crippen LogP contribution in [-0.2, 0) is 11.2 Å². The third-order valence-electron chi connectivity index (χ3n) is 1.64. The Hall–Kier alpha value is -1.10. The van der Waals surface area contributed by atoms with Crippen molar-refractivity contribution in [3.63, 3.8) is 0 Å². The number of carboxylic acids is 1. The Bertz CT molecular complexity index is 365. The molecule has 0 radical (unpaired) electrons. The van der Waals surface area contributed by atoms with E-state index in [1.54, 1.807) is 0 Å². The summed E-state index contributed by atoms with van der Waals surface area (Å²) in [6, 6.07) is 2.87. The largest absolute Gasteiger partial charge is 0.494 e. The number of aliphatic carboxylic acids is 1. The molecule has 0 fully saturated rings. The summed E-state index contributed by atoms with van der Waals surface area (Å²) in [5.41, 5.74) is 0.101. The molecule has 0 aliphatic rings. The molecule has 0 aliphatic carbocycles. The van der Waals surface area contributed by atoms with Crippen LogP contribution in [0.1, 0.15) is 5.56 Å². The summed E-state index contributed by atoms with van der Waals surface area (Å²) in [6.45, 7) is 0. The van der Waals surface area contributed by atoms with Gasteiger partial charge >= 0.3 is 5.97 Å². The van der Waals surface area contributed by atoms with E-state index in [0.29, 0.717) is 4.47 Å². The van der Waals surface area contributed by atoms with Crippen LogP contribution in [-0.4, -0.2) is 18.2 Å². The molecule has 1 rings (SSSR count). The molecule has 0 heterocycles. The lowest BCUT2D eigenvalue weighted by atomic mass is 10.1. The van der Waals surface area contributed by atoms with Gasteiger partial charge in [0.1, 0.15) is 0 Å². The average molecular weight is 263 g/mol. The van der Waals surface area contributed by atoms with Crippen LogP contribution in [0, 0.1) is 5.82 Å².